The van der Waals surface area contributed by atoms with Crippen LogP contribution >= 0.6 is 11.6 Å². The molecule has 0 bridgehead atoms. The molecule has 1 heterocycles. The lowest BCUT2D eigenvalue weighted by Crippen LogP contribution is -2.36. The van der Waals surface area contributed by atoms with Crippen molar-refractivity contribution in [3.05, 3.63) is 16.4 Å². The fourth-order valence-corrected chi connectivity index (χ4v) is 2.85. The van der Waals surface area contributed by atoms with E-state index in [0.717, 1.165) is 29.3 Å². The molecule has 0 amide bonds. The number of hydrogen-bond donors (Lipinski definition) is 1. The summed E-state index contributed by atoms with van der Waals surface area (Å²) in [7, 11) is 4.03. The molecule has 0 spiro atoms. The maximum atomic E-state index is 6.39. The molecule has 1 aromatic rings. The van der Waals surface area contributed by atoms with Crippen molar-refractivity contribution in [2.45, 2.75) is 45.6 Å². The zero-order chi connectivity index (χ0) is 12.6. The molecule has 0 saturated heterocycles. The third-order valence-electron chi connectivity index (χ3n) is 4.13. The number of nitrogens with one attached hydrogen (secondary N) is 1. The van der Waals surface area contributed by atoms with E-state index in [9.17, 15) is 0 Å². The largest absolute Gasteiger partial charge is 0.316 e. The van der Waals surface area contributed by atoms with Crippen LogP contribution in [0.1, 0.15) is 38.1 Å². The van der Waals surface area contributed by atoms with Gasteiger partial charge in [0.25, 0.3) is 0 Å². The van der Waals surface area contributed by atoms with Crippen LogP contribution in [0.3, 0.4) is 0 Å². The van der Waals surface area contributed by atoms with Crippen molar-refractivity contribution in [3.8, 4) is 0 Å². The molecular formula is C13H22ClN3. The minimum atomic E-state index is 0.453. The molecule has 1 unspecified atom stereocenters. The standard InChI is InChI=1S/C13H22ClN3/c1-5-9-12(14)10(17(4)16-9)8-11(15-3)13(2)6-7-13/h11,15H,5-8H2,1-4H3. The summed E-state index contributed by atoms with van der Waals surface area (Å²) in [4.78, 5) is 0. The Morgan fingerprint density at radius 1 is 1.53 bits per heavy atom. The van der Waals surface area contributed by atoms with Gasteiger partial charge in [-0.1, -0.05) is 25.4 Å². The smallest absolute Gasteiger partial charge is 0.0850 e. The minimum absolute atomic E-state index is 0.453. The van der Waals surface area contributed by atoms with Crippen LogP contribution in [0, 0.1) is 5.41 Å². The average Bonchev–Trinajstić information content (AvgIpc) is 2.98. The molecule has 0 radical (unpaired) electrons. The molecular weight excluding hydrogens is 234 g/mol. The van der Waals surface area contributed by atoms with Crippen LogP contribution in [0.2, 0.25) is 5.02 Å². The fraction of sp³-hybridized carbons (Fsp3) is 0.769. The molecule has 1 aliphatic carbocycles. The first kappa shape index (κ1) is 12.9. The van der Waals surface area contributed by atoms with Crippen molar-refractivity contribution in [2.24, 2.45) is 12.5 Å². The predicted octanol–water partition coefficient (Wildman–Crippen LogP) is 2.57. The molecule has 3 nitrogen and oxygen atoms in total. The van der Waals surface area contributed by atoms with E-state index in [0.29, 0.717) is 11.5 Å². The molecule has 4 heteroatoms. The number of aryl methyl sites for hydroxylation is 2. The Hall–Kier alpha value is -0.540. The summed E-state index contributed by atoms with van der Waals surface area (Å²) in [6.07, 6.45) is 4.49. The van der Waals surface area contributed by atoms with Crippen LogP contribution in [0.15, 0.2) is 0 Å². The fourth-order valence-electron chi connectivity index (χ4n) is 2.48. The quantitative estimate of drug-likeness (QED) is 0.877. The Bertz CT molecular complexity index is 407. The zero-order valence-electron chi connectivity index (χ0n) is 11.2. The highest BCUT2D eigenvalue weighted by Crippen LogP contribution is 2.49. The van der Waals surface area contributed by atoms with E-state index < -0.39 is 0 Å². The first-order valence-corrected chi connectivity index (χ1v) is 6.77. The molecule has 2 rings (SSSR count). The van der Waals surface area contributed by atoms with Crippen LogP contribution in [-0.4, -0.2) is 22.9 Å². The van der Waals surface area contributed by atoms with E-state index >= 15 is 0 Å². The van der Waals surface area contributed by atoms with E-state index in [-0.39, 0.29) is 0 Å². The van der Waals surface area contributed by atoms with E-state index in [4.69, 9.17) is 11.6 Å². The summed E-state index contributed by atoms with van der Waals surface area (Å²) in [5.41, 5.74) is 2.63. The van der Waals surface area contributed by atoms with Gasteiger partial charge in [0.05, 0.1) is 16.4 Å². The Morgan fingerprint density at radius 3 is 2.59 bits per heavy atom. The molecule has 1 saturated carbocycles. The molecule has 0 aromatic carbocycles. The lowest BCUT2D eigenvalue weighted by atomic mass is 9.94. The number of nitrogens with zero attached hydrogens (tertiary/aromatic N) is 2. The number of likely N-dealkylation sites (N-methyl/N-ethyl adjacent to an activating group) is 1. The lowest BCUT2D eigenvalue weighted by Gasteiger charge is -2.23. The van der Waals surface area contributed by atoms with Crippen LogP contribution in [0.25, 0.3) is 0 Å². The van der Waals surface area contributed by atoms with Gasteiger partial charge >= 0.3 is 0 Å². The summed E-state index contributed by atoms with van der Waals surface area (Å²) in [6, 6.07) is 0.500. The van der Waals surface area contributed by atoms with Crippen molar-refractivity contribution in [1.82, 2.24) is 15.1 Å². The van der Waals surface area contributed by atoms with Gasteiger partial charge < -0.3 is 5.32 Å². The zero-order valence-corrected chi connectivity index (χ0v) is 11.9. The summed E-state index contributed by atoms with van der Waals surface area (Å²) in [6.45, 7) is 4.44. The van der Waals surface area contributed by atoms with Gasteiger partial charge in [-0.15, -0.1) is 0 Å². The maximum absolute atomic E-state index is 6.39. The number of hydrogen-bond acceptors (Lipinski definition) is 2. The Kier molecular flexibility index (Phi) is 3.50. The van der Waals surface area contributed by atoms with E-state index in [2.05, 4.69) is 24.3 Å². The van der Waals surface area contributed by atoms with E-state index in [1.807, 2.05) is 18.8 Å². The summed E-state index contributed by atoms with van der Waals surface area (Å²) >= 11 is 6.39. The van der Waals surface area contributed by atoms with Gasteiger partial charge in [-0.2, -0.15) is 5.10 Å². The molecule has 1 N–H and O–H groups in total. The van der Waals surface area contributed by atoms with Crippen molar-refractivity contribution in [1.29, 1.82) is 0 Å². The third kappa shape index (κ3) is 2.36. The SMILES string of the molecule is CCc1nn(C)c(CC(NC)C2(C)CC2)c1Cl. The topological polar surface area (TPSA) is 29.9 Å². The molecule has 17 heavy (non-hydrogen) atoms. The van der Waals surface area contributed by atoms with Gasteiger partial charge in [0.1, 0.15) is 0 Å². The van der Waals surface area contributed by atoms with Crippen molar-refractivity contribution in [3.63, 3.8) is 0 Å². The highest BCUT2D eigenvalue weighted by molar-refractivity contribution is 6.31. The molecule has 96 valence electrons. The van der Waals surface area contributed by atoms with Crippen LogP contribution in [-0.2, 0) is 19.9 Å². The van der Waals surface area contributed by atoms with Crippen molar-refractivity contribution >= 4 is 11.6 Å². The van der Waals surface area contributed by atoms with Gasteiger partial charge in [-0.05, 0) is 31.7 Å². The molecule has 1 aromatic heterocycles. The highest BCUT2D eigenvalue weighted by Gasteiger charge is 2.44. The molecule has 1 atom stereocenters. The number of halogens is 1. The van der Waals surface area contributed by atoms with E-state index in [1.165, 1.54) is 12.8 Å². The van der Waals surface area contributed by atoms with Gasteiger partial charge in [0, 0.05) is 19.5 Å². The average molecular weight is 256 g/mol. The first-order chi connectivity index (χ1) is 8.01. The summed E-state index contributed by atoms with van der Waals surface area (Å²) in [5, 5.41) is 8.77. The molecule has 1 aliphatic rings. The third-order valence-corrected chi connectivity index (χ3v) is 4.57. The maximum Gasteiger partial charge on any atom is 0.0850 e. The van der Waals surface area contributed by atoms with Crippen LogP contribution < -0.4 is 5.32 Å². The van der Waals surface area contributed by atoms with Crippen molar-refractivity contribution in [2.75, 3.05) is 7.05 Å². The summed E-state index contributed by atoms with van der Waals surface area (Å²) in [5.74, 6) is 0. The van der Waals surface area contributed by atoms with Crippen LogP contribution in [0.4, 0.5) is 0 Å². The second-order valence-corrected chi connectivity index (χ2v) is 5.76. The Balaban J connectivity index is 2.20. The van der Waals surface area contributed by atoms with E-state index in [1.54, 1.807) is 0 Å². The first-order valence-electron chi connectivity index (χ1n) is 6.39. The Morgan fingerprint density at radius 2 is 2.18 bits per heavy atom. The monoisotopic (exact) mass is 255 g/mol. The summed E-state index contributed by atoms with van der Waals surface area (Å²) < 4.78 is 1.94. The van der Waals surface area contributed by atoms with Gasteiger partial charge in [-0.3, -0.25) is 4.68 Å². The normalized spacial score (nSPS) is 19.4. The van der Waals surface area contributed by atoms with Crippen molar-refractivity contribution < 1.29 is 0 Å². The Labute approximate surface area is 109 Å². The van der Waals surface area contributed by atoms with Gasteiger partial charge in [0.15, 0.2) is 0 Å². The van der Waals surface area contributed by atoms with Gasteiger partial charge in [0.2, 0.25) is 0 Å². The second-order valence-electron chi connectivity index (χ2n) is 5.38. The predicted molar refractivity (Wildman–Crippen MR) is 71.5 cm³/mol. The highest BCUT2D eigenvalue weighted by atomic mass is 35.5. The molecule has 1 fully saturated rings. The van der Waals surface area contributed by atoms with Crippen LogP contribution in [0.5, 0.6) is 0 Å². The second kappa shape index (κ2) is 4.62. The number of aromatic nitrogens is 2. The van der Waals surface area contributed by atoms with Gasteiger partial charge in [-0.25, -0.2) is 0 Å². The lowest BCUT2D eigenvalue weighted by molar-refractivity contribution is 0.369. The minimum Gasteiger partial charge on any atom is -0.316 e. The molecule has 0 aliphatic heterocycles. The number of rotatable bonds is 5.